The second kappa shape index (κ2) is 7.89. The van der Waals surface area contributed by atoms with Gasteiger partial charge in [0.2, 0.25) is 5.82 Å². The molecular formula is C21H14FN3O4. The summed E-state index contributed by atoms with van der Waals surface area (Å²) in [5.41, 5.74) is 2.08. The summed E-state index contributed by atoms with van der Waals surface area (Å²) < 4.78 is 24.3. The second-order valence-electron chi connectivity index (χ2n) is 6.17. The molecule has 1 aromatic heterocycles. The Labute approximate surface area is 164 Å². The molecule has 0 spiro atoms. The molecule has 0 saturated heterocycles. The maximum absolute atomic E-state index is 13.3. The van der Waals surface area contributed by atoms with E-state index in [9.17, 15) is 14.5 Å². The third-order valence-electron chi connectivity index (χ3n) is 4.16. The average molecular weight is 391 g/mol. The van der Waals surface area contributed by atoms with Gasteiger partial charge in [-0.05, 0) is 60.2 Å². The van der Waals surface area contributed by atoms with Gasteiger partial charge in [0.15, 0.2) is 0 Å². The van der Waals surface area contributed by atoms with E-state index in [1.807, 2.05) is 0 Å². The number of halogens is 1. The summed E-state index contributed by atoms with van der Waals surface area (Å²) in [4.78, 5) is 14.5. The van der Waals surface area contributed by atoms with Crippen LogP contribution in [0.2, 0.25) is 0 Å². The third-order valence-corrected chi connectivity index (χ3v) is 4.16. The van der Waals surface area contributed by atoms with Crippen LogP contribution in [0.4, 0.5) is 10.1 Å². The van der Waals surface area contributed by atoms with Crippen molar-refractivity contribution in [2.24, 2.45) is 0 Å². The Bertz CT molecular complexity index is 1140. The lowest BCUT2D eigenvalue weighted by Crippen LogP contribution is -1.96. The summed E-state index contributed by atoms with van der Waals surface area (Å²) >= 11 is 0. The van der Waals surface area contributed by atoms with E-state index in [-0.39, 0.29) is 24.0 Å². The van der Waals surface area contributed by atoms with Crippen LogP contribution in [0.5, 0.6) is 5.75 Å². The topological polar surface area (TPSA) is 91.3 Å². The van der Waals surface area contributed by atoms with Gasteiger partial charge in [-0.15, -0.1) is 0 Å². The van der Waals surface area contributed by atoms with Crippen molar-refractivity contribution < 1.29 is 18.6 Å². The minimum atomic E-state index is -0.443. The Morgan fingerprint density at radius 1 is 1.00 bits per heavy atom. The van der Waals surface area contributed by atoms with Crippen LogP contribution in [0, 0.1) is 15.9 Å². The molecule has 0 aliphatic rings. The number of nitro groups is 1. The van der Waals surface area contributed by atoms with E-state index in [0.29, 0.717) is 17.1 Å². The van der Waals surface area contributed by atoms with Gasteiger partial charge in [-0.2, -0.15) is 4.98 Å². The maximum Gasteiger partial charge on any atom is 0.269 e. The van der Waals surface area contributed by atoms with Gasteiger partial charge in [0.05, 0.1) is 4.92 Å². The number of rotatable bonds is 6. The highest BCUT2D eigenvalue weighted by molar-refractivity contribution is 5.60. The normalized spacial score (nSPS) is 10.7. The lowest BCUT2D eigenvalue weighted by atomic mass is 10.2. The van der Waals surface area contributed by atoms with Crippen molar-refractivity contribution in [3.05, 3.63) is 94.3 Å². The predicted molar refractivity (Wildman–Crippen MR) is 103 cm³/mol. The number of hydrogen-bond donors (Lipinski definition) is 0. The predicted octanol–water partition coefficient (Wildman–Crippen LogP) is 5.03. The van der Waals surface area contributed by atoms with E-state index in [1.54, 1.807) is 48.5 Å². The number of nitro benzene ring substituents is 1. The molecule has 3 aromatic carbocycles. The first kappa shape index (κ1) is 18.3. The fraction of sp³-hybridized carbons (Fsp3) is 0.0476. The molecule has 7 nitrogen and oxygen atoms in total. The molecular weight excluding hydrogens is 377 g/mol. The quantitative estimate of drug-likeness (QED) is 0.338. The van der Waals surface area contributed by atoms with Crippen molar-refractivity contribution >= 4 is 5.69 Å². The molecule has 144 valence electrons. The molecule has 0 aliphatic heterocycles. The molecule has 0 amide bonds. The van der Waals surface area contributed by atoms with E-state index in [4.69, 9.17) is 9.26 Å². The number of ether oxygens (including phenoxy) is 1. The van der Waals surface area contributed by atoms with Crippen LogP contribution in [-0.2, 0) is 6.61 Å². The first-order valence-electron chi connectivity index (χ1n) is 8.65. The zero-order valence-corrected chi connectivity index (χ0v) is 15.0. The summed E-state index contributed by atoms with van der Waals surface area (Å²) in [5.74, 6) is 0.863. The van der Waals surface area contributed by atoms with Crippen LogP contribution in [0.15, 0.2) is 77.3 Å². The highest BCUT2D eigenvalue weighted by Gasteiger charge is 2.11. The average Bonchev–Trinajstić information content (AvgIpc) is 3.23. The number of benzene rings is 3. The van der Waals surface area contributed by atoms with Gasteiger partial charge in [0, 0.05) is 23.3 Å². The fourth-order valence-corrected chi connectivity index (χ4v) is 2.66. The number of aromatic nitrogens is 2. The van der Waals surface area contributed by atoms with Crippen LogP contribution in [0.25, 0.3) is 22.8 Å². The highest BCUT2D eigenvalue weighted by Crippen LogP contribution is 2.24. The van der Waals surface area contributed by atoms with E-state index >= 15 is 0 Å². The Morgan fingerprint density at radius 3 is 2.45 bits per heavy atom. The van der Waals surface area contributed by atoms with E-state index < -0.39 is 4.92 Å². The minimum absolute atomic E-state index is 0.0378. The summed E-state index contributed by atoms with van der Waals surface area (Å²) in [6, 6.07) is 19.2. The van der Waals surface area contributed by atoms with Gasteiger partial charge in [0.1, 0.15) is 18.2 Å². The van der Waals surface area contributed by atoms with Crippen LogP contribution in [-0.4, -0.2) is 15.1 Å². The van der Waals surface area contributed by atoms with E-state index in [1.165, 1.54) is 24.3 Å². The van der Waals surface area contributed by atoms with Gasteiger partial charge < -0.3 is 9.26 Å². The maximum atomic E-state index is 13.3. The van der Waals surface area contributed by atoms with Gasteiger partial charge >= 0.3 is 0 Å². The molecule has 0 atom stereocenters. The van der Waals surface area contributed by atoms with Crippen molar-refractivity contribution in [3.8, 4) is 28.6 Å². The monoisotopic (exact) mass is 391 g/mol. The Morgan fingerprint density at radius 2 is 1.76 bits per heavy atom. The Hall–Kier alpha value is -4.07. The van der Waals surface area contributed by atoms with E-state index in [2.05, 4.69) is 10.1 Å². The summed E-state index contributed by atoms with van der Waals surface area (Å²) in [6.45, 7) is 0.281. The Balaban J connectivity index is 1.42. The standard InChI is InChI=1S/C21H14FN3O4/c22-17-3-1-2-16(12-17)21-23-20(24-29-21)15-6-10-19(11-7-15)28-13-14-4-8-18(9-5-14)25(26)27/h1-12H,13H2. The van der Waals surface area contributed by atoms with Crippen molar-refractivity contribution in [1.82, 2.24) is 10.1 Å². The highest BCUT2D eigenvalue weighted by atomic mass is 19.1. The molecule has 0 bridgehead atoms. The minimum Gasteiger partial charge on any atom is -0.489 e. The molecule has 0 N–H and O–H groups in total. The number of nitrogens with zero attached hydrogens (tertiary/aromatic N) is 3. The van der Waals surface area contributed by atoms with Crippen molar-refractivity contribution in [2.45, 2.75) is 6.61 Å². The Kier molecular flexibility index (Phi) is 4.98. The second-order valence-corrected chi connectivity index (χ2v) is 6.17. The molecule has 4 rings (SSSR count). The third kappa shape index (κ3) is 4.27. The van der Waals surface area contributed by atoms with Gasteiger partial charge in [-0.1, -0.05) is 11.2 Å². The largest absolute Gasteiger partial charge is 0.489 e. The molecule has 1 heterocycles. The number of non-ortho nitro benzene ring substituents is 1. The van der Waals surface area contributed by atoms with Crippen molar-refractivity contribution in [3.63, 3.8) is 0 Å². The molecule has 8 heteroatoms. The lowest BCUT2D eigenvalue weighted by molar-refractivity contribution is -0.384. The van der Waals surface area contributed by atoms with E-state index in [0.717, 1.165) is 11.1 Å². The van der Waals surface area contributed by atoms with Crippen LogP contribution >= 0.6 is 0 Å². The van der Waals surface area contributed by atoms with Crippen LogP contribution in [0.3, 0.4) is 0 Å². The molecule has 0 fully saturated rings. The smallest absolute Gasteiger partial charge is 0.269 e. The molecule has 0 unspecified atom stereocenters. The zero-order valence-electron chi connectivity index (χ0n) is 15.0. The molecule has 0 saturated carbocycles. The zero-order chi connectivity index (χ0) is 20.2. The van der Waals surface area contributed by atoms with Gasteiger partial charge in [-0.25, -0.2) is 4.39 Å². The van der Waals surface area contributed by atoms with Crippen LogP contribution < -0.4 is 4.74 Å². The molecule has 29 heavy (non-hydrogen) atoms. The van der Waals surface area contributed by atoms with Crippen molar-refractivity contribution in [1.29, 1.82) is 0 Å². The summed E-state index contributed by atoms with van der Waals surface area (Å²) in [5, 5.41) is 14.6. The fourth-order valence-electron chi connectivity index (χ4n) is 2.66. The summed E-state index contributed by atoms with van der Waals surface area (Å²) in [7, 11) is 0. The van der Waals surface area contributed by atoms with Crippen LogP contribution in [0.1, 0.15) is 5.56 Å². The summed E-state index contributed by atoms with van der Waals surface area (Å²) in [6.07, 6.45) is 0. The first-order valence-corrected chi connectivity index (χ1v) is 8.65. The SMILES string of the molecule is O=[N+]([O-])c1ccc(COc2ccc(-c3noc(-c4cccc(F)c4)n3)cc2)cc1. The first-order chi connectivity index (χ1) is 14.1. The van der Waals surface area contributed by atoms with Gasteiger partial charge in [-0.3, -0.25) is 10.1 Å². The molecule has 4 aromatic rings. The lowest BCUT2D eigenvalue weighted by Gasteiger charge is -2.06. The van der Waals surface area contributed by atoms with Gasteiger partial charge in [0.25, 0.3) is 11.6 Å². The number of hydrogen-bond acceptors (Lipinski definition) is 6. The molecule has 0 radical (unpaired) electrons. The van der Waals surface area contributed by atoms with Crippen molar-refractivity contribution in [2.75, 3.05) is 0 Å². The molecule has 0 aliphatic carbocycles.